The summed E-state index contributed by atoms with van der Waals surface area (Å²) in [4.78, 5) is 0.355. The topological polar surface area (TPSA) is 58.2 Å². The second-order valence-corrected chi connectivity index (χ2v) is 8.15. The van der Waals surface area contributed by atoms with Crippen LogP contribution in [0.2, 0.25) is 0 Å². The Morgan fingerprint density at radius 1 is 1.29 bits per heavy atom. The number of hydrogen-bond acceptors (Lipinski definition) is 3. The highest BCUT2D eigenvalue weighted by Gasteiger charge is 2.19. The summed E-state index contributed by atoms with van der Waals surface area (Å²) < 4.78 is 28.4. The van der Waals surface area contributed by atoms with Crippen molar-refractivity contribution in [3.05, 3.63) is 27.7 Å². The summed E-state index contributed by atoms with van der Waals surface area (Å²) in [5.74, 6) is 0.473. The predicted molar refractivity (Wildman–Crippen MR) is 90.9 cm³/mol. The minimum atomic E-state index is -3.46. The van der Waals surface area contributed by atoms with Crippen molar-refractivity contribution >= 4 is 26.0 Å². The van der Waals surface area contributed by atoms with Gasteiger partial charge in [0.15, 0.2) is 0 Å². The highest BCUT2D eigenvalue weighted by molar-refractivity contribution is 9.10. The Labute approximate surface area is 136 Å². The lowest BCUT2D eigenvalue weighted by Gasteiger charge is -2.14. The third-order valence-electron chi connectivity index (χ3n) is 3.24. The molecule has 1 rings (SSSR count). The zero-order chi connectivity index (χ0) is 16.0. The van der Waals surface area contributed by atoms with Gasteiger partial charge in [-0.15, -0.1) is 0 Å². The molecule has 0 amide bonds. The zero-order valence-corrected chi connectivity index (χ0v) is 15.6. The van der Waals surface area contributed by atoms with Crippen LogP contribution in [0, 0.1) is 12.8 Å². The SMILES string of the molecule is CCNCc1cc(Br)c(C)c(S(=O)(=O)NCCC(C)C)c1. The maximum Gasteiger partial charge on any atom is 0.240 e. The van der Waals surface area contributed by atoms with Gasteiger partial charge in [-0.3, -0.25) is 0 Å². The molecule has 0 aliphatic heterocycles. The van der Waals surface area contributed by atoms with Crippen molar-refractivity contribution in [3.63, 3.8) is 0 Å². The molecule has 0 spiro atoms. The van der Waals surface area contributed by atoms with Gasteiger partial charge in [-0.2, -0.15) is 0 Å². The second kappa shape index (κ2) is 8.27. The third kappa shape index (κ3) is 5.70. The van der Waals surface area contributed by atoms with E-state index in [0.29, 0.717) is 23.9 Å². The molecular formula is C15H25BrN2O2S. The minimum absolute atomic E-state index is 0.355. The number of nitrogens with one attached hydrogen (secondary N) is 2. The molecule has 0 fully saturated rings. The first-order valence-electron chi connectivity index (χ1n) is 7.27. The number of hydrogen-bond donors (Lipinski definition) is 2. The fourth-order valence-corrected chi connectivity index (χ4v) is 3.92. The predicted octanol–water partition coefficient (Wildman–Crippen LogP) is 3.19. The van der Waals surface area contributed by atoms with Crippen molar-refractivity contribution in [1.29, 1.82) is 0 Å². The van der Waals surface area contributed by atoms with Crippen LogP contribution in [0.1, 0.15) is 38.3 Å². The number of halogens is 1. The first-order chi connectivity index (χ1) is 9.77. The molecule has 0 saturated heterocycles. The summed E-state index contributed by atoms with van der Waals surface area (Å²) in [6.45, 7) is 9.96. The van der Waals surface area contributed by atoms with E-state index in [4.69, 9.17) is 0 Å². The molecule has 0 saturated carbocycles. The van der Waals surface area contributed by atoms with Crippen molar-refractivity contribution in [3.8, 4) is 0 Å². The quantitative estimate of drug-likeness (QED) is 0.732. The van der Waals surface area contributed by atoms with E-state index in [1.807, 2.05) is 19.9 Å². The molecule has 0 heterocycles. The fourth-order valence-electron chi connectivity index (χ4n) is 1.92. The summed E-state index contributed by atoms with van der Waals surface area (Å²) in [5, 5.41) is 3.21. The molecule has 0 aromatic heterocycles. The molecule has 0 unspecified atom stereocenters. The van der Waals surface area contributed by atoms with Gasteiger partial charge in [0, 0.05) is 17.6 Å². The second-order valence-electron chi connectivity index (χ2n) is 5.56. The molecular weight excluding hydrogens is 352 g/mol. The summed E-state index contributed by atoms with van der Waals surface area (Å²) >= 11 is 3.45. The van der Waals surface area contributed by atoms with E-state index in [0.717, 1.165) is 28.6 Å². The van der Waals surface area contributed by atoms with Crippen molar-refractivity contribution < 1.29 is 8.42 Å². The molecule has 1 aromatic rings. The van der Waals surface area contributed by atoms with E-state index < -0.39 is 10.0 Å². The van der Waals surface area contributed by atoms with Crippen LogP contribution in [0.25, 0.3) is 0 Å². The molecule has 0 aliphatic carbocycles. The van der Waals surface area contributed by atoms with Crippen molar-refractivity contribution in [2.75, 3.05) is 13.1 Å². The molecule has 120 valence electrons. The summed E-state index contributed by atoms with van der Waals surface area (Å²) in [5.41, 5.74) is 1.70. The van der Waals surface area contributed by atoms with Crippen LogP contribution in [-0.2, 0) is 16.6 Å². The number of sulfonamides is 1. The summed E-state index contributed by atoms with van der Waals surface area (Å²) in [6, 6.07) is 3.71. The van der Waals surface area contributed by atoms with Gasteiger partial charge in [0.2, 0.25) is 10.0 Å². The molecule has 2 N–H and O–H groups in total. The molecule has 0 atom stereocenters. The van der Waals surface area contributed by atoms with Gasteiger partial charge in [-0.05, 0) is 49.1 Å². The van der Waals surface area contributed by atoms with Crippen LogP contribution < -0.4 is 10.0 Å². The van der Waals surface area contributed by atoms with Crippen LogP contribution in [0.4, 0.5) is 0 Å². The Balaban J connectivity index is 3.01. The zero-order valence-electron chi connectivity index (χ0n) is 13.2. The lowest BCUT2D eigenvalue weighted by molar-refractivity contribution is 0.551. The molecule has 4 nitrogen and oxygen atoms in total. The van der Waals surface area contributed by atoms with Crippen molar-refractivity contribution in [1.82, 2.24) is 10.0 Å². The Morgan fingerprint density at radius 3 is 2.52 bits per heavy atom. The first-order valence-corrected chi connectivity index (χ1v) is 9.55. The molecule has 1 aromatic carbocycles. The average Bonchev–Trinajstić information content (AvgIpc) is 2.39. The van der Waals surface area contributed by atoms with E-state index in [1.165, 1.54) is 0 Å². The lowest BCUT2D eigenvalue weighted by atomic mass is 10.1. The maximum absolute atomic E-state index is 12.5. The van der Waals surface area contributed by atoms with Crippen LogP contribution in [0.15, 0.2) is 21.5 Å². The van der Waals surface area contributed by atoms with Crippen LogP contribution in [0.5, 0.6) is 0 Å². The highest BCUT2D eigenvalue weighted by Crippen LogP contribution is 2.25. The molecule has 0 bridgehead atoms. The maximum atomic E-state index is 12.5. The van der Waals surface area contributed by atoms with Gasteiger partial charge in [0.25, 0.3) is 0 Å². The lowest BCUT2D eigenvalue weighted by Crippen LogP contribution is -2.26. The van der Waals surface area contributed by atoms with Gasteiger partial charge in [0.05, 0.1) is 4.90 Å². The normalized spacial score (nSPS) is 12.1. The highest BCUT2D eigenvalue weighted by atomic mass is 79.9. The van der Waals surface area contributed by atoms with E-state index in [2.05, 4.69) is 39.8 Å². The van der Waals surface area contributed by atoms with Crippen LogP contribution in [-0.4, -0.2) is 21.5 Å². The average molecular weight is 377 g/mol. The van der Waals surface area contributed by atoms with Gasteiger partial charge >= 0.3 is 0 Å². The standard InChI is InChI=1S/C15H25BrN2O2S/c1-5-17-10-13-8-14(16)12(4)15(9-13)21(19,20)18-7-6-11(2)3/h8-9,11,17-18H,5-7,10H2,1-4H3. The van der Waals surface area contributed by atoms with E-state index in [1.54, 1.807) is 6.07 Å². The number of rotatable bonds is 8. The van der Waals surface area contributed by atoms with E-state index in [-0.39, 0.29) is 0 Å². The fraction of sp³-hybridized carbons (Fsp3) is 0.600. The molecule has 0 radical (unpaired) electrons. The Morgan fingerprint density at radius 2 is 1.95 bits per heavy atom. The van der Waals surface area contributed by atoms with Crippen molar-refractivity contribution in [2.24, 2.45) is 5.92 Å². The monoisotopic (exact) mass is 376 g/mol. The minimum Gasteiger partial charge on any atom is -0.313 e. The van der Waals surface area contributed by atoms with Crippen molar-refractivity contribution in [2.45, 2.75) is 45.6 Å². The summed E-state index contributed by atoms with van der Waals surface area (Å²) in [6.07, 6.45) is 0.830. The van der Waals surface area contributed by atoms with Gasteiger partial charge in [-0.1, -0.05) is 36.7 Å². The molecule has 6 heteroatoms. The molecule has 0 aliphatic rings. The van der Waals surface area contributed by atoms with Gasteiger partial charge < -0.3 is 5.32 Å². The van der Waals surface area contributed by atoms with E-state index >= 15 is 0 Å². The van der Waals surface area contributed by atoms with Gasteiger partial charge in [-0.25, -0.2) is 13.1 Å². The third-order valence-corrected chi connectivity index (χ3v) is 5.65. The largest absolute Gasteiger partial charge is 0.313 e. The Bertz CT molecular complexity index is 571. The number of benzene rings is 1. The van der Waals surface area contributed by atoms with E-state index in [9.17, 15) is 8.42 Å². The Kier molecular flexibility index (Phi) is 7.33. The smallest absolute Gasteiger partial charge is 0.240 e. The van der Waals surface area contributed by atoms with Crippen LogP contribution in [0.3, 0.4) is 0 Å². The Hall–Kier alpha value is -0.430. The van der Waals surface area contributed by atoms with Gasteiger partial charge in [0.1, 0.15) is 0 Å². The first kappa shape index (κ1) is 18.6. The van der Waals surface area contributed by atoms with Crippen LogP contribution >= 0.6 is 15.9 Å². The summed E-state index contributed by atoms with van der Waals surface area (Å²) in [7, 11) is -3.46. The molecule has 21 heavy (non-hydrogen) atoms.